The lowest BCUT2D eigenvalue weighted by Crippen LogP contribution is -2.34. The average molecular weight is 443 g/mol. The van der Waals surface area contributed by atoms with Crippen LogP contribution in [0.3, 0.4) is 0 Å². The molecule has 0 spiro atoms. The summed E-state index contributed by atoms with van der Waals surface area (Å²) in [6.07, 6.45) is 0.487. The van der Waals surface area contributed by atoms with Gasteiger partial charge < -0.3 is 19.6 Å². The number of hydrogen-bond acceptors (Lipinski definition) is 7. The van der Waals surface area contributed by atoms with Crippen molar-refractivity contribution in [1.82, 2.24) is 14.9 Å². The Hall–Kier alpha value is -3.69. The van der Waals surface area contributed by atoms with Crippen molar-refractivity contribution in [2.24, 2.45) is 5.41 Å². The van der Waals surface area contributed by atoms with E-state index in [0.717, 1.165) is 5.56 Å². The summed E-state index contributed by atoms with van der Waals surface area (Å²) < 4.78 is 10.4. The molecule has 10 heteroatoms. The molecule has 3 rings (SSSR count). The molecule has 1 aliphatic rings. The monoisotopic (exact) mass is 443 g/mol. The maximum absolute atomic E-state index is 12.6. The summed E-state index contributed by atoms with van der Waals surface area (Å²) in [5, 5.41) is 9.55. The van der Waals surface area contributed by atoms with E-state index >= 15 is 0 Å². The van der Waals surface area contributed by atoms with Gasteiger partial charge in [0.05, 0.1) is 11.5 Å². The van der Waals surface area contributed by atoms with E-state index in [1.807, 2.05) is 30.3 Å². The van der Waals surface area contributed by atoms with E-state index in [0.29, 0.717) is 19.4 Å². The van der Waals surface area contributed by atoms with Crippen LogP contribution in [0.2, 0.25) is 0 Å². The topological polar surface area (TPSA) is 139 Å². The number of benzene rings is 1. The number of carbonyl (C=O) groups excluding carboxylic acids is 2. The Bertz CT molecular complexity index is 1070. The number of aromatic carboxylic acids is 1. The second-order valence-corrected chi connectivity index (χ2v) is 8.47. The van der Waals surface area contributed by atoms with E-state index in [4.69, 9.17) is 9.47 Å². The number of carboxylic acid groups (broad SMARTS) is 1. The summed E-state index contributed by atoms with van der Waals surface area (Å²) >= 11 is 0. The molecule has 1 aromatic heterocycles. The first-order chi connectivity index (χ1) is 15.1. The van der Waals surface area contributed by atoms with Crippen molar-refractivity contribution in [3.05, 3.63) is 57.8 Å². The number of H-pyrrole nitrogens is 1. The molecule has 2 heterocycles. The lowest BCUT2D eigenvalue weighted by atomic mass is 9.97. The van der Waals surface area contributed by atoms with Crippen molar-refractivity contribution in [2.75, 3.05) is 6.54 Å². The first-order valence-electron chi connectivity index (χ1n) is 10.1. The zero-order valence-corrected chi connectivity index (χ0v) is 18.1. The van der Waals surface area contributed by atoms with E-state index in [9.17, 15) is 24.3 Å². The van der Waals surface area contributed by atoms with Crippen molar-refractivity contribution in [2.45, 2.75) is 46.3 Å². The van der Waals surface area contributed by atoms with Crippen LogP contribution in [0.25, 0.3) is 0 Å². The number of nitrogens with zero attached hydrogens (tertiary/aromatic N) is 2. The van der Waals surface area contributed by atoms with E-state index in [1.165, 1.54) is 4.90 Å². The Morgan fingerprint density at radius 2 is 1.91 bits per heavy atom. The van der Waals surface area contributed by atoms with Gasteiger partial charge >= 0.3 is 18.0 Å². The zero-order valence-electron chi connectivity index (χ0n) is 18.1. The fraction of sp³-hybridized carbons (Fsp3) is 0.409. The molecule has 32 heavy (non-hydrogen) atoms. The summed E-state index contributed by atoms with van der Waals surface area (Å²) in [5.41, 5.74) is -1.73. The second-order valence-electron chi connectivity index (χ2n) is 8.47. The SMILES string of the molecule is CC(C)(C)C(=O)Oc1c(C(=O)O)nc(C2CCCN2C(=O)OCc2ccccc2)[nH]c1=O. The lowest BCUT2D eigenvalue weighted by Gasteiger charge is -2.24. The smallest absolute Gasteiger partial charge is 0.410 e. The molecule has 0 bridgehead atoms. The molecule has 1 aromatic carbocycles. The fourth-order valence-corrected chi connectivity index (χ4v) is 3.19. The summed E-state index contributed by atoms with van der Waals surface area (Å²) in [5.74, 6) is -2.98. The Balaban J connectivity index is 1.84. The number of amides is 1. The summed E-state index contributed by atoms with van der Waals surface area (Å²) in [7, 11) is 0. The molecule has 10 nitrogen and oxygen atoms in total. The van der Waals surface area contributed by atoms with Gasteiger partial charge in [0.25, 0.3) is 5.56 Å². The van der Waals surface area contributed by atoms with E-state index in [1.54, 1.807) is 20.8 Å². The Kier molecular flexibility index (Phi) is 6.61. The number of ether oxygens (including phenoxy) is 2. The number of carboxylic acids is 1. The molecule has 1 unspecified atom stereocenters. The van der Waals surface area contributed by atoms with Gasteiger partial charge in [-0.25, -0.2) is 14.6 Å². The van der Waals surface area contributed by atoms with Gasteiger partial charge in [0, 0.05) is 6.54 Å². The minimum Gasteiger partial charge on any atom is -0.476 e. The van der Waals surface area contributed by atoms with Crippen molar-refractivity contribution < 1.29 is 29.0 Å². The Morgan fingerprint density at radius 1 is 1.22 bits per heavy atom. The van der Waals surface area contributed by atoms with Crippen LogP contribution in [-0.2, 0) is 16.1 Å². The number of hydrogen-bond donors (Lipinski definition) is 2. The minimum absolute atomic E-state index is 0.00267. The van der Waals surface area contributed by atoms with Crippen LogP contribution in [0.5, 0.6) is 5.75 Å². The molecule has 0 saturated carbocycles. The van der Waals surface area contributed by atoms with Crippen LogP contribution in [0.1, 0.15) is 61.5 Å². The minimum atomic E-state index is -1.52. The molecule has 0 radical (unpaired) electrons. The van der Waals surface area contributed by atoms with Crippen LogP contribution in [0.4, 0.5) is 4.79 Å². The molecule has 2 N–H and O–H groups in total. The van der Waals surface area contributed by atoms with Gasteiger partial charge in [0.2, 0.25) is 5.75 Å². The highest BCUT2D eigenvalue weighted by Crippen LogP contribution is 2.31. The molecule has 1 amide bonds. The normalized spacial score (nSPS) is 16.0. The van der Waals surface area contributed by atoms with E-state index in [2.05, 4.69) is 9.97 Å². The summed E-state index contributed by atoms with van der Waals surface area (Å²) in [4.78, 5) is 57.0. The second kappa shape index (κ2) is 9.21. The van der Waals surface area contributed by atoms with Gasteiger partial charge in [-0.3, -0.25) is 14.5 Å². The van der Waals surface area contributed by atoms with Gasteiger partial charge in [-0.1, -0.05) is 30.3 Å². The average Bonchev–Trinajstić information content (AvgIpc) is 3.23. The van der Waals surface area contributed by atoms with Crippen molar-refractivity contribution in [1.29, 1.82) is 0 Å². The van der Waals surface area contributed by atoms with Gasteiger partial charge in [0.15, 0.2) is 5.69 Å². The molecule has 0 aliphatic carbocycles. The number of aromatic amines is 1. The highest BCUT2D eigenvalue weighted by molar-refractivity contribution is 5.90. The number of esters is 1. The molecule has 170 valence electrons. The third-order valence-electron chi connectivity index (χ3n) is 4.91. The largest absolute Gasteiger partial charge is 0.476 e. The molecule has 1 aliphatic heterocycles. The Morgan fingerprint density at radius 3 is 2.53 bits per heavy atom. The standard InChI is InChI=1S/C22H25N3O7/c1-22(2,3)20(29)32-16-15(19(27)28)23-17(24-18(16)26)14-10-7-11-25(14)21(30)31-12-13-8-5-4-6-9-13/h4-6,8-9,14H,7,10-12H2,1-3H3,(H,27,28)(H,23,24,26). The van der Waals surface area contributed by atoms with Crippen LogP contribution >= 0.6 is 0 Å². The van der Waals surface area contributed by atoms with E-state index < -0.39 is 46.5 Å². The lowest BCUT2D eigenvalue weighted by molar-refractivity contribution is -0.143. The summed E-state index contributed by atoms with van der Waals surface area (Å²) in [6, 6.07) is 8.49. The van der Waals surface area contributed by atoms with Gasteiger partial charge in [-0.15, -0.1) is 0 Å². The van der Waals surface area contributed by atoms with Crippen LogP contribution in [0.15, 0.2) is 35.1 Å². The molecule has 1 atom stereocenters. The first-order valence-corrected chi connectivity index (χ1v) is 10.1. The number of carbonyl (C=O) groups is 3. The van der Waals surface area contributed by atoms with Crippen LogP contribution in [0, 0.1) is 5.41 Å². The van der Waals surface area contributed by atoms with Gasteiger partial charge in [-0.05, 0) is 39.2 Å². The summed E-state index contributed by atoms with van der Waals surface area (Å²) in [6.45, 7) is 5.16. The number of aromatic nitrogens is 2. The third kappa shape index (κ3) is 5.13. The zero-order chi connectivity index (χ0) is 23.5. The quantitative estimate of drug-likeness (QED) is 0.673. The molecule has 2 aromatic rings. The predicted molar refractivity (Wildman–Crippen MR) is 112 cm³/mol. The van der Waals surface area contributed by atoms with Crippen LogP contribution in [-0.4, -0.2) is 44.6 Å². The van der Waals surface area contributed by atoms with Crippen LogP contribution < -0.4 is 10.3 Å². The van der Waals surface area contributed by atoms with Gasteiger partial charge in [0.1, 0.15) is 12.4 Å². The number of nitrogens with one attached hydrogen (secondary N) is 1. The third-order valence-corrected chi connectivity index (χ3v) is 4.91. The van der Waals surface area contributed by atoms with Crippen molar-refractivity contribution in [3.8, 4) is 5.75 Å². The predicted octanol–water partition coefficient (Wildman–Crippen LogP) is 2.89. The molecular formula is C22H25N3O7. The Labute approximate surface area is 184 Å². The molecular weight excluding hydrogens is 418 g/mol. The number of rotatable bonds is 5. The van der Waals surface area contributed by atoms with Gasteiger partial charge in [-0.2, -0.15) is 0 Å². The maximum atomic E-state index is 12.6. The van der Waals surface area contributed by atoms with Crippen molar-refractivity contribution >= 4 is 18.0 Å². The highest BCUT2D eigenvalue weighted by atomic mass is 16.6. The van der Waals surface area contributed by atoms with E-state index in [-0.39, 0.29) is 12.4 Å². The number of likely N-dealkylation sites (tertiary alicyclic amines) is 1. The highest BCUT2D eigenvalue weighted by Gasteiger charge is 2.35. The molecule has 1 saturated heterocycles. The maximum Gasteiger partial charge on any atom is 0.410 e. The van der Waals surface area contributed by atoms with Crippen molar-refractivity contribution in [3.63, 3.8) is 0 Å². The molecule has 1 fully saturated rings. The first kappa shape index (κ1) is 23.0. The fourth-order valence-electron chi connectivity index (χ4n) is 3.19.